The standard InChI is InChI=1S/C18H24N2O3/c1-2-20-10-11-23-16-9-8-14(12-15(16)18(20)22)19-17(21)13-6-4-3-5-7-13/h8-9,12-13H,2-7,10-11H2,1H3,(H,19,21). The number of rotatable bonds is 3. The quantitative estimate of drug-likeness (QED) is 0.932. The highest BCUT2D eigenvalue weighted by Gasteiger charge is 2.24. The minimum atomic E-state index is -0.0336. The highest BCUT2D eigenvalue weighted by molar-refractivity contribution is 6.00. The predicted octanol–water partition coefficient (Wildman–Crippen LogP) is 3.06. The minimum absolute atomic E-state index is 0.0336. The number of carbonyl (C=O) groups is 2. The molecule has 0 radical (unpaired) electrons. The van der Waals surface area contributed by atoms with E-state index in [9.17, 15) is 9.59 Å². The smallest absolute Gasteiger partial charge is 0.257 e. The van der Waals surface area contributed by atoms with E-state index < -0.39 is 0 Å². The molecule has 1 heterocycles. The predicted molar refractivity (Wildman–Crippen MR) is 88.7 cm³/mol. The maximum absolute atomic E-state index is 12.5. The van der Waals surface area contributed by atoms with Crippen LogP contribution in [0.2, 0.25) is 0 Å². The molecule has 0 atom stereocenters. The third-order valence-electron chi connectivity index (χ3n) is 4.74. The maximum atomic E-state index is 12.5. The second kappa shape index (κ2) is 7.02. The van der Waals surface area contributed by atoms with Gasteiger partial charge in [-0.2, -0.15) is 0 Å². The first-order valence-electron chi connectivity index (χ1n) is 8.56. The molecule has 5 nitrogen and oxygen atoms in total. The van der Waals surface area contributed by atoms with E-state index >= 15 is 0 Å². The Bertz CT molecular complexity index is 594. The van der Waals surface area contributed by atoms with Crippen molar-refractivity contribution in [3.05, 3.63) is 23.8 Å². The molecular weight excluding hydrogens is 292 g/mol. The van der Waals surface area contributed by atoms with Gasteiger partial charge in [0.05, 0.1) is 12.1 Å². The number of ether oxygens (including phenoxy) is 1. The average Bonchev–Trinajstić information content (AvgIpc) is 2.74. The van der Waals surface area contributed by atoms with Crippen molar-refractivity contribution in [2.75, 3.05) is 25.0 Å². The normalized spacial score (nSPS) is 18.8. The Balaban J connectivity index is 1.77. The van der Waals surface area contributed by atoms with Gasteiger partial charge in [0, 0.05) is 18.2 Å². The molecule has 124 valence electrons. The Hall–Kier alpha value is -2.04. The second-order valence-electron chi connectivity index (χ2n) is 6.27. The van der Waals surface area contributed by atoms with E-state index in [0.717, 1.165) is 25.7 Å². The summed E-state index contributed by atoms with van der Waals surface area (Å²) in [6.07, 6.45) is 5.40. The van der Waals surface area contributed by atoms with E-state index in [1.807, 2.05) is 13.0 Å². The highest BCUT2D eigenvalue weighted by Crippen LogP contribution is 2.28. The minimum Gasteiger partial charge on any atom is -0.491 e. The van der Waals surface area contributed by atoms with Crippen LogP contribution in [0.4, 0.5) is 5.69 Å². The molecule has 1 aromatic carbocycles. The number of hydrogen-bond acceptors (Lipinski definition) is 3. The molecule has 0 aromatic heterocycles. The maximum Gasteiger partial charge on any atom is 0.257 e. The number of anilines is 1. The molecule has 2 aliphatic rings. The second-order valence-corrected chi connectivity index (χ2v) is 6.27. The molecular formula is C18H24N2O3. The summed E-state index contributed by atoms with van der Waals surface area (Å²) in [5, 5.41) is 2.97. The SMILES string of the molecule is CCN1CCOc2ccc(NC(=O)C3CCCCC3)cc2C1=O. The van der Waals surface area contributed by atoms with Crippen LogP contribution >= 0.6 is 0 Å². The molecule has 23 heavy (non-hydrogen) atoms. The van der Waals surface area contributed by atoms with E-state index in [2.05, 4.69) is 5.32 Å². The molecule has 1 aliphatic heterocycles. The van der Waals surface area contributed by atoms with Crippen molar-refractivity contribution >= 4 is 17.5 Å². The fourth-order valence-corrected chi connectivity index (χ4v) is 3.35. The highest BCUT2D eigenvalue weighted by atomic mass is 16.5. The summed E-state index contributed by atoms with van der Waals surface area (Å²) in [5.41, 5.74) is 1.21. The topological polar surface area (TPSA) is 58.6 Å². The molecule has 0 saturated heterocycles. The van der Waals surface area contributed by atoms with Gasteiger partial charge < -0.3 is 15.0 Å². The van der Waals surface area contributed by atoms with Gasteiger partial charge in [-0.25, -0.2) is 0 Å². The van der Waals surface area contributed by atoms with Gasteiger partial charge in [0.15, 0.2) is 0 Å². The molecule has 1 fully saturated rings. The lowest BCUT2D eigenvalue weighted by molar-refractivity contribution is -0.120. The zero-order chi connectivity index (χ0) is 16.2. The fraction of sp³-hybridized carbons (Fsp3) is 0.556. The summed E-state index contributed by atoms with van der Waals surface area (Å²) >= 11 is 0. The Morgan fingerprint density at radius 1 is 1.30 bits per heavy atom. The van der Waals surface area contributed by atoms with Crippen LogP contribution in [0.1, 0.15) is 49.4 Å². The molecule has 1 saturated carbocycles. The summed E-state index contributed by atoms with van der Waals surface area (Å²) in [6, 6.07) is 5.34. The number of carbonyl (C=O) groups excluding carboxylic acids is 2. The first-order valence-corrected chi connectivity index (χ1v) is 8.56. The molecule has 5 heteroatoms. The van der Waals surface area contributed by atoms with Crippen LogP contribution in [0.3, 0.4) is 0 Å². The van der Waals surface area contributed by atoms with Gasteiger partial charge in [-0.3, -0.25) is 9.59 Å². The van der Waals surface area contributed by atoms with Gasteiger partial charge in [-0.1, -0.05) is 19.3 Å². The van der Waals surface area contributed by atoms with Gasteiger partial charge in [-0.15, -0.1) is 0 Å². The summed E-state index contributed by atoms with van der Waals surface area (Å²) in [6.45, 7) is 3.70. The molecule has 3 rings (SSSR count). The number of likely N-dealkylation sites (N-methyl/N-ethyl adjacent to an activating group) is 1. The monoisotopic (exact) mass is 316 g/mol. The number of amides is 2. The molecule has 0 bridgehead atoms. The zero-order valence-electron chi connectivity index (χ0n) is 13.6. The fourth-order valence-electron chi connectivity index (χ4n) is 3.35. The third-order valence-corrected chi connectivity index (χ3v) is 4.74. The van der Waals surface area contributed by atoms with Crippen LogP contribution in [0.15, 0.2) is 18.2 Å². The first kappa shape index (κ1) is 15.8. The number of hydrogen-bond donors (Lipinski definition) is 1. The zero-order valence-corrected chi connectivity index (χ0v) is 13.6. The Labute approximate surface area is 137 Å². The van der Waals surface area contributed by atoms with E-state index in [4.69, 9.17) is 4.74 Å². The molecule has 0 unspecified atom stereocenters. The number of benzene rings is 1. The van der Waals surface area contributed by atoms with Crippen molar-refractivity contribution in [3.8, 4) is 5.75 Å². The van der Waals surface area contributed by atoms with Crippen LogP contribution in [-0.2, 0) is 4.79 Å². The number of nitrogens with one attached hydrogen (secondary N) is 1. The number of fused-ring (bicyclic) bond motifs is 1. The van der Waals surface area contributed by atoms with E-state index in [1.54, 1.807) is 17.0 Å². The summed E-state index contributed by atoms with van der Waals surface area (Å²) < 4.78 is 5.65. The molecule has 2 amide bonds. The van der Waals surface area contributed by atoms with Gasteiger partial charge >= 0.3 is 0 Å². The largest absolute Gasteiger partial charge is 0.491 e. The Morgan fingerprint density at radius 3 is 2.83 bits per heavy atom. The number of nitrogens with zero attached hydrogens (tertiary/aromatic N) is 1. The molecule has 1 aliphatic carbocycles. The van der Waals surface area contributed by atoms with E-state index in [1.165, 1.54) is 6.42 Å². The van der Waals surface area contributed by atoms with Crippen molar-refractivity contribution < 1.29 is 14.3 Å². The van der Waals surface area contributed by atoms with Gasteiger partial charge in [-0.05, 0) is 38.0 Å². The van der Waals surface area contributed by atoms with Crippen molar-refractivity contribution in [3.63, 3.8) is 0 Å². The van der Waals surface area contributed by atoms with Crippen molar-refractivity contribution in [1.29, 1.82) is 0 Å². The van der Waals surface area contributed by atoms with Crippen molar-refractivity contribution in [2.45, 2.75) is 39.0 Å². The first-order chi connectivity index (χ1) is 11.2. The van der Waals surface area contributed by atoms with E-state index in [-0.39, 0.29) is 17.7 Å². The summed E-state index contributed by atoms with van der Waals surface area (Å²) in [4.78, 5) is 26.7. The molecule has 0 spiro atoms. The Kier molecular flexibility index (Phi) is 4.84. The molecule has 1 aromatic rings. The Morgan fingerprint density at radius 2 is 2.09 bits per heavy atom. The van der Waals surface area contributed by atoms with Crippen molar-refractivity contribution in [1.82, 2.24) is 4.90 Å². The lowest BCUT2D eigenvalue weighted by Crippen LogP contribution is -2.32. The van der Waals surface area contributed by atoms with Crippen LogP contribution in [0.25, 0.3) is 0 Å². The van der Waals surface area contributed by atoms with Crippen LogP contribution in [-0.4, -0.2) is 36.4 Å². The van der Waals surface area contributed by atoms with Gasteiger partial charge in [0.25, 0.3) is 5.91 Å². The summed E-state index contributed by atoms with van der Waals surface area (Å²) in [7, 11) is 0. The molecule has 1 N–H and O–H groups in total. The summed E-state index contributed by atoms with van der Waals surface area (Å²) in [5.74, 6) is 0.732. The average molecular weight is 316 g/mol. The van der Waals surface area contributed by atoms with Gasteiger partial charge in [0.1, 0.15) is 12.4 Å². The third kappa shape index (κ3) is 3.49. The van der Waals surface area contributed by atoms with E-state index in [0.29, 0.717) is 36.7 Å². The van der Waals surface area contributed by atoms with Crippen LogP contribution in [0.5, 0.6) is 5.75 Å². The lowest BCUT2D eigenvalue weighted by atomic mass is 9.88. The lowest BCUT2D eigenvalue weighted by Gasteiger charge is -2.21. The van der Waals surface area contributed by atoms with Crippen molar-refractivity contribution in [2.24, 2.45) is 5.92 Å². The van der Waals surface area contributed by atoms with Crippen LogP contribution < -0.4 is 10.1 Å². The van der Waals surface area contributed by atoms with Crippen LogP contribution in [0, 0.1) is 5.92 Å². The van der Waals surface area contributed by atoms with Gasteiger partial charge in [0.2, 0.25) is 5.91 Å².